The zero-order chi connectivity index (χ0) is 31.5. The number of hydrogen-bond donors (Lipinski definition) is 2. The number of aliphatic hydroxyl groups is 1. The number of rotatable bonds is 13. The zero-order valence-corrected chi connectivity index (χ0v) is 26.6. The largest absolute Gasteiger partial charge is 0.497 e. The molecule has 1 aliphatic carbocycles. The van der Waals surface area contributed by atoms with E-state index in [0.717, 1.165) is 12.0 Å². The maximum atomic E-state index is 13.7. The lowest BCUT2D eigenvalue weighted by atomic mass is 9.84. The maximum absolute atomic E-state index is 13.7. The number of benzene rings is 2. The number of carbonyl (C=O) groups is 1. The van der Waals surface area contributed by atoms with Crippen LogP contribution in [0.5, 0.6) is 5.75 Å². The van der Waals surface area contributed by atoms with Gasteiger partial charge in [-0.15, -0.1) is 0 Å². The van der Waals surface area contributed by atoms with Crippen molar-refractivity contribution in [2.75, 3.05) is 40.5 Å². The van der Waals surface area contributed by atoms with Crippen molar-refractivity contribution in [3.63, 3.8) is 0 Å². The lowest BCUT2D eigenvalue weighted by molar-refractivity contribution is -0.175. The number of ether oxygens (including phenoxy) is 5. The van der Waals surface area contributed by atoms with Crippen molar-refractivity contribution in [2.24, 2.45) is 17.8 Å². The zero-order valence-electron chi connectivity index (χ0n) is 25.8. The van der Waals surface area contributed by atoms with Crippen LogP contribution in [-0.4, -0.2) is 94.6 Å². The predicted molar refractivity (Wildman–Crippen MR) is 162 cm³/mol. The van der Waals surface area contributed by atoms with Gasteiger partial charge < -0.3 is 34.1 Å². The van der Waals surface area contributed by atoms with Crippen LogP contribution in [-0.2, 0) is 35.4 Å². The summed E-state index contributed by atoms with van der Waals surface area (Å²) in [6.45, 7) is 4.67. The highest BCUT2D eigenvalue weighted by molar-refractivity contribution is 7.89. The highest BCUT2D eigenvalue weighted by atomic mass is 32.2. The maximum Gasteiger partial charge on any atom is 0.407 e. The minimum absolute atomic E-state index is 0.0112. The van der Waals surface area contributed by atoms with Gasteiger partial charge in [0, 0.05) is 38.5 Å². The third-order valence-corrected chi connectivity index (χ3v) is 10.8. The van der Waals surface area contributed by atoms with Gasteiger partial charge in [0.15, 0.2) is 6.29 Å². The average Bonchev–Trinajstić information content (AvgIpc) is 3.54. The Morgan fingerprint density at radius 3 is 2.48 bits per heavy atom. The summed E-state index contributed by atoms with van der Waals surface area (Å²) in [5.74, 6) is 0.521. The summed E-state index contributed by atoms with van der Waals surface area (Å²) in [6, 6.07) is 14.8. The molecule has 3 aliphatic rings. The average molecular weight is 633 g/mol. The van der Waals surface area contributed by atoms with E-state index in [-0.39, 0.29) is 48.4 Å². The SMILES string of the molecule is COc1ccc(S(=O)(=O)N(CC(C)C)C[C@@H](O)C(Cc2ccccc2)NC(=O)O[C@H]2C[C@@]3(OC)CO[C@H]4OCCC2[C@H]43)cc1. The molecular formula is C32H44N2O9S. The minimum Gasteiger partial charge on any atom is -0.497 e. The van der Waals surface area contributed by atoms with Crippen LogP contribution in [0.25, 0.3) is 0 Å². The third-order valence-electron chi connectivity index (χ3n) is 9.00. The molecule has 2 N–H and O–H groups in total. The Balaban J connectivity index is 1.33. The number of sulfonamides is 1. The first-order valence-corrected chi connectivity index (χ1v) is 16.6. The molecule has 0 radical (unpaired) electrons. The lowest BCUT2D eigenvalue weighted by Gasteiger charge is -2.34. The van der Waals surface area contributed by atoms with Crippen LogP contribution in [0.3, 0.4) is 0 Å². The van der Waals surface area contributed by atoms with Crippen LogP contribution in [0, 0.1) is 17.8 Å². The van der Waals surface area contributed by atoms with Crippen molar-refractivity contribution in [1.29, 1.82) is 0 Å². The van der Waals surface area contributed by atoms with E-state index in [1.165, 1.54) is 23.5 Å². The van der Waals surface area contributed by atoms with Crippen molar-refractivity contribution < 1.29 is 42.0 Å². The monoisotopic (exact) mass is 632 g/mol. The summed E-state index contributed by atoms with van der Waals surface area (Å²) in [5.41, 5.74) is 0.306. The Morgan fingerprint density at radius 2 is 1.82 bits per heavy atom. The second kappa shape index (κ2) is 13.7. The first-order valence-electron chi connectivity index (χ1n) is 15.2. The molecule has 242 valence electrons. The predicted octanol–water partition coefficient (Wildman–Crippen LogP) is 3.21. The first kappa shape index (κ1) is 32.6. The molecule has 0 spiro atoms. The van der Waals surface area contributed by atoms with Crippen molar-refractivity contribution >= 4 is 16.1 Å². The number of amides is 1. The Morgan fingerprint density at radius 1 is 1.09 bits per heavy atom. The molecule has 3 fully saturated rings. The van der Waals surface area contributed by atoms with Gasteiger partial charge in [-0.2, -0.15) is 4.31 Å². The van der Waals surface area contributed by atoms with Crippen molar-refractivity contribution in [3.05, 3.63) is 60.2 Å². The molecule has 2 aliphatic heterocycles. The molecule has 11 nitrogen and oxygen atoms in total. The lowest BCUT2D eigenvalue weighted by Crippen LogP contribution is -2.51. The van der Waals surface area contributed by atoms with E-state index in [4.69, 9.17) is 23.7 Å². The summed E-state index contributed by atoms with van der Waals surface area (Å²) < 4.78 is 57.5. The number of methoxy groups -OCH3 is 2. The van der Waals surface area contributed by atoms with Crippen LogP contribution in [0.2, 0.25) is 0 Å². The van der Waals surface area contributed by atoms with Crippen molar-refractivity contribution in [2.45, 2.75) is 68.1 Å². The van der Waals surface area contributed by atoms with Gasteiger partial charge in [-0.05, 0) is 48.6 Å². The fourth-order valence-electron chi connectivity index (χ4n) is 6.81. The van der Waals surface area contributed by atoms with Crippen LogP contribution in [0.1, 0.15) is 32.3 Å². The fourth-order valence-corrected chi connectivity index (χ4v) is 8.43. The second-order valence-corrected chi connectivity index (χ2v) is 14.3. The molecule has 2 heterocycles. The van der Waals surface area contributed by atoms with Crippen molar-refractivity contribution in [1.82, 2.24) is 9.62 Å². The van der Waals surface area contributed by atoms with E-state index in [0.29, 0.717) is 25.4 Å². The van der Waals surface area contributed by atoms with E-state index in [9.17, 15) is 18.3 Å². The van der Waals surface area contributed by atoms with E-state index in [1.807, 2.05) is 44.2 Å². The molecule has 1 saturated carbocycles. The highest BCUT2D eigenvalue weighted by Crippen LogP contribution is 2.54. The summed E-state index contributed by atoms with van der Waals surface area (Å²) in [4.78, 5) is 13.5. The second-order valence-electron chi connectivity index (χ2n) is 12.3. The number of aliphatic hydroxyl groups excluding tert-OH is 1. The molecule has 2 aromatic rings. The van der Waals surface area contributed by atoms with Gasteiger partial charge in [-0.25, -0.2) is 13.2 Å². The Hall–Kier alpha value is -2.74. The fraction of sp³-hybridized carbons (Fsp3) is 0.594. The normalized spacial score (nSPS) is 27.6. The number of alkyl carbamates (subject to hydrolysis) is 1. The third kappa shape index (κ3) is 6.90. The smallest absolute Gasteiger partial charge is 0.407 e. The number of carbonyl (C=O) groups excluding carboxylic acids is 1. The van der Waals surface area contributed by atoms with Crippen molar-refractivity contribution in [3.8, 4) is 5.75 Å². The van der Waals surface area contributed by atoms with Crippen LogP contribution >= 0.6 is 0 Å². The standard InChI is InChI=1S/C32H44N2O9S/c1-21(2)18-34(44(37,38)24-12-10-23(39-3)11-13-24)19-27(35)26(16-22-8-6-5-7-9-22)33-31(36)43-28-17-32(40-4)20-42-30-29(32)25(28)14-15-41-30/h5-13,21,25-30,35H,14-20H2,1-4H3,(H,33,36)/t25?,26?,27-,28+,29-,30-,32-/m1/s1. The van der Waals surface area contributed by atoms with E-state index in [2.05, 4.69) is 5.32 Å². The van der Waals surface area contributed by atoms with Gasteiger partial charge >= 0.3 is 6.09 Å². The van der Waals surface area contributed by atoms with Crippen LogP contribution in [0.15, 0.2) is 59.5 Å². The van der Waals surface area contributed by atoms with Crippen LogP contribution < -0.4 is 10.1 Å². The van der Waals surface area contributed by atoms with Crippen LogP contribution in [0.4, 0.5) is 4.79 Å². The summed E-state index contributed by atoms with van der Waals surface area (Å²) in [6.07, 6.45) is -1.20. The van der Waals surface area contributed by atoms with E-state index >= 15 is 0 Å². The Kier molecular flexibility index (Phi) is 10.2. The molecule has 5 rings (SSSR count). The Labute approximate surface area is 259 Å². The van der Waals surface area contributed by atoms with E-state index < -0.39 is 40.0 Å². The topological polar surface area (TPSA) is 133 Å². The molecule has 12 heteroatoms. The molecule has 2 saturated heterocycles. The molecular weight excluding hydrogens is 588 g/mol. The van der Waals surface area contributed by atoms with Gasteiger partial charge in [-0.3, -0.25) is 0 Å². The van der Waals surface area contributed by atoms with Gasteiger partial charge in [0.25, 0.3) is 0 Å². The molecule has 44 heavy (non-hydrogen) atoms. The summed E-state index contributed by atoms with van der Waals surface area (Å²) >= 11 is 0. The number of hydrogen-bond acceptors (Lipinski definition) is 9. The molecule has 1 amide bonds. The van der Waals surface area contributed by atoms with Gasteiger partial charge in [-0.1, -0.05) is 44.2 Å². The quantitative estimate of drug-likeness (QED) is 0.342. The highest BCUT2D eigenvalue weighted by Gasteiger charge is 2.64. The molecule has 0 aromatic heterocycles. The molecule has 0 bridgehead atoms. The first-order chi connectivity index (χ1) is 21.1. The minimum atomic E-state index is -3.96. The number of nitrogens with zero attached hydrogens (tertiary/aromatic N) is 1. The molecule has 7 atom stereocenters. The van der Waals surface area contributed by atoms with Gasteiger partial charge in [0.05, 0.1) is 37.4 Å². The number of nitrogens with one attached hydrogen (secondary N) is 1. The Bertz CT molecular complexity index is 1360. The van der Waals surface area contributed by atoms with Gasteiger partial charge in [0.1, 0.15) is 17.5 Å². The molecule has 2 unspecified atom stereocenters. The summed E-state index contributed by atoms with van der Waals surface area (Å²) in [7, 11) is -0.801. The van der Waals surface area contributed by atoms with Gasteiger partial charge in [0.2, 0.25) is 10.0 Å². The molecule has 2 aromatic carbocycles. The van der Waals surface area contributed by atoms with E-state index in [1.54, 1.807) is 19.2 Å². The summed E-state index contributed by atoms with van der Waals surface area (Å²) in [5, 5.41) is 14.4.